The van der Waals surface area contributed by atoms with Crippen molar-refractivity contribution in [3.8, 4) is 0 Å². The van der Waals surface area contributed by atoms with E-state index >= 15 is 0 Å². The molecule has 0 radical (unpaired) electrons. The molecule has 0 aromatic carbocycles. The highest BCUT2D eigenvalue weighted by atomic mass is 32.2. The molecular weight excluding hydrogens is 256 g/mol. The average Bonchev–Trinajstić information content (AvgIpc) is 2.27. The van der Waals surface area contributed by atoms with Gasteiger partial charge in [0.1, 0.15) is 9.84 Å². The number of unbranched alkanes of at least 4 members (excludes halogenated alkanes) is 4. The molecule has 0 saturated heterocycles. The molecule has 19 heavy (non-hydrogen) atoms. The zero-order valence-electron chi connectivity index (χ0n) is 13.5. The Morgan fingerprint density at radius 1 is 0.632 bits per heavy atom. The molecule has 0 fully saturated rings. The van der Waals surface area contributed by atoms with Crippen LogP contribution in [0.15, 0.2) is 0 Å². The molecule has 0 aliphatic carbocycles. The molecule has 0 unspecified atom stereocenters. The van der Waals surface area contributed by atoms with Crippen molar-refractivity contribution in [1.29, 1.82) is 0 Å². The lowest BCUT2D eigenvalue weighted by Crippen LogP contribution is -2.11. The summed E-state index contributed by atoms with van der Waals surface area (Å²) >= 11 is 0. The molecular formula is C16H34O2S. The summed E-state index contributed by atoms with van der Waals surface area (Å²) in [7, 11) is -2.78. The summed E-state index contributed by atoms with van der Waals surface area (Å²) in [6.45, 7) is 8.86. The van der Waals surface area contributed by atoms with Gasteiger partial charge in [0.25, 0.3) is 0 Å². The van der Waals surface area contributed by atoms with Gasteiger partial charge in [-0.05, 0) is 24.7 Å². The molecule has 0 aliphatic heterocycles. The molecule has 0 aliphatic rings. The summed E-state index contributed by atoms with van der Waals surface area (Å²) < 4.78 is 23.6. The predicted molar refractivity (Wildman–Crippen MR) is 85.3 cm³/mol. The maximum Gasteiger partial charge on any atom is 0.150 e. The van der Waals surface area contributed by atoms with E-state index < -0.39 is 9.84 Å². The second kappa shape index (κ2) is 10.7. The molecule has 0 aromatic heterocycles. The summed E-state index contributed by atoms with van der Waals surface area (Å²) in [4.78, 5) is 0. The van der Waals surface area contributed by atoms with Gasteiger partial charge in [0.2, 0.25) is 0 Å². The van der Waals surface area contributed by atoms with Crippen molar-refractivity contribution in [1.82, 2.24) is 0 Å². The van der Waals surface area contributed by atoms with Crippen molar-refractivity contribution < 1.29 is 8.42 Å². The molecule has 0 saturated carbocycles. The summed E-state index contributed by atoms with van der Waals surface area (Å²) in [5, 5.41) is 0. The third-order valence-corrected chi connectivity index (χ3v) is 5.29. The fraction of sp³-hybridized carbons (Fsp3) is 1.00. The van der Waals surface area contributed by atoms with Gasteiger partial charge in [0.15, 0.2) is 0 Å². The van der Waals surface area contributed by atoms with E-state index in [0.717, 1.165) is 37.5 Å². The summed E-state index contributed by atoms with van der Waals surface area (Å²) in [5.74, 6) is 2.26. The molecule has 0 N–H and O–H groups in total. The Morgan fingerprint density at radius 3 is 1.32 bits per heavy atom. The Morgan fingerprint density at radius 2 is 1.00 bits per heavy atom. The van der Waals surface area contributed by atoms with Crippen LogP contribution in [0.25, 0.3) is 0 Å². The average molecular weight is 291 g/mol. The normalized spacial score (nSPS) is 12.5. The smallest absolute Gasteiger partial charge is 0.150 e. The Labute approximate surface area is 121 Å². The van der Waals surface area contributed by atoms with Crippen LogP contribution in [0.1, 0.15) is 79.1 Å². The van der Waals surface area contributed by atoms with Crippen LogP contribution in [0.4, 0.5) is 0 Å². The Kier molecular flexibility index (Phi) is 10.7. The first-order valence-electron chi connectivity index (χ1n) is 8.04. The van der Waals surface area contributed by atoms with Crippen molar-refractivity contribution in [3.63, 3.8) is 0 Å². The van der Waals surface area contributed by atoms with E-state index in [1.165, 1.54) is 25.7 Å². The summed E-state index contributed by atoms with van der Waals surface area (Å²) in [6.07, 6.45) is 8.59. The quantitative estimate of drug-likeness (QED) is 0.482. The van der Waals surface area contributed by atoms with Gasteiger partial charge >= 0.3 is 0 Å². The minimum absolute atomic E-state index is 0.398. The van der Waals surface area contributed by atoms with Crippen LogP contribution < -0.4 is 0 Å². The lowest BCUT2D eigenvalue weighted by atomic mass is 10.1. The zero-order chi connectivity index (χ0) is 14.7. The van der Waals surface area contributed by atoms with Crippen LogP contribution in [0.2, 0.25) is 0 Å². The van der Waals surface area contributed by atoms with Crippen LogP contribution in [-0.2, 0) is 9.84 Å². The fourth-order valence-electron chi connectivity index (χ4n) is 2.20. The Bertz CT molecular complexity index is 268. The first-order valence-corrected chi connectivity index (χ1v) is 9.86. The number of hydrogen-bond donors (Lipinski definition) is 0. The number of rotatable bonds is 12. The third-order valence-electron chi connectivity index (χ3n) is 3.47. The van der Waals surface area contributed by atoms with Gasteiger partial charge < -0.3 is 0 Å². The molecule has 0 amide bonds. The van der Waals surface area contributed by atoms with Crippen LogP contribution in [0, 0.1) is 11.8 Å². The van der Waals surface area contributed by atoms with E-state index in [2.05, 4.69) is 27.7 Å². The molecule has 2 nitrogen and oxygen atoms in total. The van der Waals surface area contributed by atoms with Crippen molar-refractivity contribution in [2.75, 3.05) is 11.5 Å². The first-order chi connectivity index (χ1) is 8.83. The predicted octanol–water partition coefficient (Wildman–Crippen LogP) is 4.83. The van der Waals surface area contributed by atoms with Gasteiger partial charge in [-0.25, -0.2) is 8.42 Å². The van der Waals surface area contributed by atoms with Crippen molar-refractivity contribution in [2.24, 2.45) is 11.8 Å². The second-order valence-corrected chi connectivity index (χ2v) is 8.94. The molecule has 0 aromatic rings. The Hall–Kier alpha value is -0.0500. The maximum atomic E-state index is 11.8. The zero-order valence-corrected chi connectivity index (χ0v) is 14.3. The third kappa shape index (κ3) is 14.2. The van der Waals surface area contributed by atoms with Gasteiger partial charge in [0.05, 0.1) is 11.5 Å². The SMILES string of the molecule is CC(C)CCCCCS(=O)(=O)CCCCCC(C)C. The molecule has 0 heterocycles. The molecule has 116 valence electrons. The van der Waals surface area contributed by atoms with Gasteiger partial charge in [-0.1, -0.05) is 66.2 Å². The van der Waals surface area contributed by atoms with E-state index in [4.69, 9.17) is 0 Å². The second-order valence-electron chi connectivity index (χ2n) is 6.64. The summed E-state index contributed by atoms with van der Waals surface area (Å²) in [6, 6.07) is 0. The van der Waals surface area contributed by atoms with Crippen molar-refractivity contribution in [2.45, 2.75) is 79.1 Å². The monoisotopic (exact) mass is 290 g/mol. The molecule has 0 atom stereocenters. The highest BCUT2D eigenvalue weighted by Gasteiger charge is 2.10. The van der Waals surface area contributed by atoms with Crippen LogP contribution >= 0.6 is 0 Å². The largest absolute Gasteiger partial charge is 0.229 e. The van der Waals surface area contributed by atoms with Gasteiger partial charge in [0, 0.05) is 0 Å². The highest BCUT2D eigenvalue weighted by Crippen LogP contribution is 2.11. The van der Waals surface area contributed by atoms with E-state index in [1.807, 2.05) is 0 Å². The minimum atomic E-state index is -2.78. The van der Waals surface area contributed by atoms with Gasteiger partial charge in [-0.2, -0.15) is 0 Å². The maximum absolute atomic E-state index is 11.8. The lowest BCUT2D eigenvalue weighted by molar-refractivity contribution is 0.527. The number of sulfone groups is 1. The standard InChI is InChI=1S/C16H34O2S/c1-15(2)11-7-5-9-13-19(17,18)14-10-6-8-12-16(3)4/h15-16H,5-14H2,1-4H3. The molecule has 0 rings (SSSR count). The first kappa shape index (κ1) is 18.9. The molecule has 3 heteroatoms. The van der Waals surface area contributed by atoms with Crippen LogP contribution in [0.3, 0.4) is 0 Å². The van der Waals surface area contributed by atoms with Crippen LogP contribution in [-0.4, -0.2) is 19.9 Å². The topological polar surface area (TPSA) is 34.1 Å². The fourth-order valence-corrected chi connectivity index (χ4v) is 3.70. The highest BCUT2D eigenvalue weighted by molar-refractivity contribution is 7.91. The van der Waals surface area contributed by atoms with Gasteiger partial charge in [-0.15, -0.1) is 0 Å². The van der Waals surface area contributed by atoms with Crippen molar-refractivity contribution >= 4 is 9.84 Å². The van der Waals surface area contributed by atoms with Gasteiger partial charge in [-0.3, -0.25) is 0 Å². The molecule has 0 bridgehead atoms. The van der Waals surface area contributed by atoms with E-state index in [9.17, 15) is 8.42 Å². The minimum Gasteiger partial charge on any atom is -0.229 e. The van der Waals surface area contributed by atoms with Crippen LogP contribution in [0.5, 0.6) is 0 Å². The van der Waals surface area contributed by atoms with E-state index in [-0.39, 0.29) is 0 Å². The van der Waals surface area contributed by atoms with Crippen molar-refractivity contribution in [3.05, 3.63) is 0 Å². The molecule has 0 spiro atoms. The number of hydrogen-bond acceptors (Lipinski definition) is 2. The Balaban J connectivity index is 3.53. The lowest BCUT2D eigenvalue weighted by Gasteiger charge is -2.07. The van der Waals surface area contributed by atoms with E-state index in [0.29, 0.717) is 11.5 Å². The van der Waals surface area contributed by atoms with E-state index in [1.54, 1.807) is 0 Å². The summed E-state index contributed by atoms with van der Waals surface area (Å²) in [5.41, 5.74) is 0.